The maximum Gasteiger partial charge on any atom is 0.137 e. The highest BCUT2D eigenvalue weighted by molar-refractivity contribution is 6.32. The van der Waals surface area contributed by atoms with Gasteiger partial charge < -0.3 is 14.8 Å². The molecule has 0 amide bonds. The number of hydrogen-bond acceptors (Lipinski definition) is 3. The first kappa shape index (κ1) is 19.7. The first-order chi connectivity index (χ1) is 13.0. The summed E-state index contributed by atoms with van der Waals surface area (Å²) >= 11 is 18.3. The molecule has 3 aromatic carbocycles. The Morgan fingerprint density at radius 2 is 1.52 bits per heavy atom. The molecular weight excluding hydrogens is 405 g/mol. The van der Waals surface area contributed by atoms with Gasteiger partial charge in [0.15, 0.2) is 0 Å². The smallest absolute Gasteiger partial charge is 0.137 e. The van der Waals surface area contributed by atoms with E-state index in [1.165, 1.54) is 0 Å². The summed E-state index contributed by atoms with van der Waals surface area (Å²) < 4.78 is 11.2. The average Bonchev–Trinajstić information content (AvgIpc) is 2.67. The van der Waals surface area contributed by atoms with Gasteiger partial charge >= 0.3 is 0 Å². The third kappa shape index (κ3) is 5.46. The summed E-state index contributed by atoms with van der Waals surface area (Å²) in [5.41, 5.74) is 2.86. The Morgan fingerprint density at radius 1 is 0.815 bits per heavy atom. The van der Waals surface area contributed by atoms with Crippen molar-refractivity contribution in [2.75, 3.05) is 12.4 Å². The predicted molar refractivity (Wildman–Crippen MR) is 113 cm³/mol. The molecule has 0 atom stereocenters. The highest BCUT2D eigenvalue weighted by Crippen LogP contribution is 2.29. The maximum atomic E-state index is 6.18. The summed E-state index contributed by atoms with van der Waals surface area (Å²) in [4.78, 5) is 0. The largest absolute Gasteiger partial charge is 0.495 e. The summed E-state index contributed by atoms with van der Waals surface area (Å²) in [6.07, 6.45) is 0. The van der Waals surface area contributed by atoms with Crippen molar-refractivity contribution in [3.05, 3.63) is 86.9 Å². The topological polar surface area (TPSA) is 30.5 Å². The minimum absolute atomic E-state index is 0.445. The van der Waals surface area contributed by atoms with Crippen LogP contribution in [0.15, 0.2) is 60.7 Å². The minimum atomic E-state index is 0.445. The quantitative estimate of drug-likeness (QED) is 0.452. The van der Waals surface area contributed by atoms with E-state index in [2.05, 4.69) is 5.32 Å². The van der Waals surface area contributed by atoms with Crippen LogP contribution in [0.25, 0.3) is 0 Å². The average molecular weight is 423 g/mol. The van der Waals surface area contributed by atoms with Crippen LogP contribution in [0.2, 0.25) is 15.1 Å². The molecule has 0 fully saturated rings. The van der Waals surface area contributed by atoms with Crippen molar-refractivity contribution in [1.29, 1.82) is 0 Å². The molecular formula is C21H18Cl3NO2. The van der Waals surface area contributed by atoms with E-state index in [1.54, 1.807) is 7.11 Å². The van der Waals surface area contributed by atoms with Gasteiger partial charge in [-0.2, -0.15) is 0 Å². The Balaban J connectivity index is 1.70. The summed E-state index contributed by atoms with van der Waals surface area (Å²) in [5.74, 6) is 1.40. The van der Waals surface area contributed by atoms with Gasteiger partial charge in [0.25, 0.3) is 0 Å². The van der Waals surface area contributed by atoms with Crippen molar-refractivity contribution in [3.8, 4) is 11.5 Å². The Bertz CT molecular complexity index is 914. The van der Waals surface area contributed by atoms with Crippen LogP contribution < -0.4 is 14.8 Å². The highest BCUT2D eigenvalue weighted by Gasteiger charge is 2.07. The summed E-state index contributed by atoms with van der Waals surface area (Å²) in [5, 5.41) is 5.23. The molecule has 0 aliphatic rings. The van der Waals surface area contributed by atoms with Crippen molar-refractivity contribution in [2.45, 2.75) is 13.2 Å². The van der Waals surface area contributed by atoms with Gasteiger partial charge in [-0.1, -0.05) is 46.9 Å². The molecule has 0 radical (unpaired) electrons. The van der Waals surface area contributed by atoms with Crippen molar-refractivity contribution in [2.24, 2.45) is 0 Å². The fourth-order valence-electron chi connectivity index (χ4n) is 2.54. The fourth-order valence-corrected chi connectivity index (χ4v) is 3.12. The third-order valence-electron chi connectivity index (χ3n) is 3.96. The zero-order chi connectivity index (χ0) is 19.2. The number of rotatable bonds is 7. The fraction of sp³-hybridized carbons (Fsp3) is 0.143. The van der Waals surface area contributed by atoms with Crippen LogP contribution in [0.1, 0.15) is 11.1 Å². The number of nitrogens with one attached hydrogen (secondary N) is 1. The van der Waals surface area contributed by atoms with Crippen LogP contribution >= 0.6 is 34.8 Å². The van der Waals surface area contributed by atoms with E-state index in [4.69, 9.17) is 44.3 Å². The summed E-state index contributed by atoms with van der Waals surface area (Å²) in [6.45, 7) is 0.985. The van der Waals surface area contributed by atoms with E-state index in [0.717, 1.165) is 22.6 Å². The minimum Gasteiger partial charge on any atom is -0.495 e. The molecule has 0 aromatic heterocycles. The molecule has 0 aliphatic carbocycles. The summed E-state index contributed by atoms with van der Waals surface area (Å²) in [6, 6.07) is 18.7. The van der Waals surface area contributed by atoms with Gasteiger partial charge in [0, 0.05) is 27.8 Å². The third-order valence-corrected chi connectivity index (χ3v) is 4.75. The van der Waals surface area contributed by atoms with Crippen LogP contribution in [-0.2, 0) is 13.2 Å². The van der Waals surface area contributed by atoms with Crippen molar-refractivity contribution in [3.63, 3.8) is 0 Å². The standard InChI is InChI=1S/C21H18Cl3NO2/c1-26-21-9-7-18(11-19(21)24)25-12-15-10-17(23)6-8-20(15)27-13-14-2-4-16(22)5-3-14/h2-11,25H,12-13H2,1H3. The van der Waals surface area contributed by atoms with Gasteiger partial charge in [-0.05, 0) is 54.1 Å². The lowest BCUT2D eigenvalue weighted by Gasteiger charge is -2.14. The number of anilines is 1. The molecule has 0 spiro atoms. The van der Waals surface area contributed by atoms with Crippen molar-refractivity contribution in [1.82, 2.24) is 0 Å². The first-order valence-corrected chi connectivity index (χ1v) is 9.41. The van der Waals surface area contributed by atoms with Gasteiger partial charge in [0.2, 0.25) is 0 Å². The molecule has 6 heteroatoms. The second-order valence-corrected chi connectivity index (χ2v) is 7.15. The molecule has 0 bridgehead atoms. The second kappa shape index (κ2) is 9.23. The van der Waals surface area contributed by atoms with Crippen LogP contribution in [0, 0.1) is 0 Å². The van der Waals surface area contributed by atoms with E-state index in [1.807, 2.05) is 60.7 Å². The van der Waals surface area contributed by atoms with Crippen LogP contribution in [0.4, 0.5) is 5.69 Å². The van der Waals surface area contributed by atoms with Crippen molar-refractivity contribution < 1.29 is 9.47 Å². The van der Waals surface area contributed by atoms with Crippen LogP contribution in [0.5, 0.6) is 11.5 Å². The lowest BCUT2D eigenvalue weighted by atomic mass is 10.2. The Labute approximate surface area is 173 Å². The molecule has 0 unspecified atom stereocenters. The molecule has 0 saturated heterocycles. The van der Waals surface area contributed by atoms with Gasteiger partial charge in [-0.25, -0.2) is 0 Å². The Morgan fingerprint density at radius 3 is 2.22 bits per heavy atom. The normalized spacial score (nSPS) is 10.5. The van der Waals surface area contributed by atoms with E-state index in [0.29, 0.717) is 34.0 Å². The Hall–Kier alpha value is -2.07. The number of ether oxygens (including phenoxy) is 2. The number of benzene rings is 3. The van der Waals surface area contributed by atoms with E-state index in [-0.39, 0.29) is 0 Å². The van der Waals surface area contributed by atoms with Gasteiger partial charge in [0.1, 0.15) is 18.1 Å². The maximum absolute atomic E-state index is 6.18. The zero-order valence-corrected chi connectivity index (χ0v) is 16.9. The second-order valence-electron chi connectivity index (χ2n) is 5.87. The monoisotopic (exact) mass is 421 g/mol. The lowest BCUT2D eigenvalue weighted by molar-refractivity contribution is 0.303. The molecule has 0 aliphatic heterocycles. The van der Waals surface area contributed by atoms with Crippen LogP contribution in [-0.4, -0.2) is 7.11 Å². The van der Waals surface area contributed by atoms with Crippen molar-refractivity contribution >= 4 is 40.5 Å². The molecule has 1 N–H and O–H groups in total. The molecule has 3 rings (SSSR count). The Kier molecular flexibility index (Phi) is 6.73. The van der Waals surface area contributed by atoms with Gasteiger partial charge in [-0.15, -0.1) is 0 Å². The highest BCUT2D eigenvalue weighted by atomic mass is 35.5. The number of methoxy groups -OCH3 is 1. The molecule has 3 nitrogen and oxygen atoms in total. The van der Waals surface area contributed by atoms with E-state index >= 15 is 0 Å². The molecule has 0 heterocycles. The zero-order valence-electron chi connectivity index (χ0n) is 14.6. The van der Waals surface area contributed by atoms with E-state index < -0.39 is 0 Å². The summed E-state index contributed by atoms with van der Waals surface area (Å²) in [7, 11) is 1.59. The lowest BCUT2D eigenvalue weighted by Crippen LogP contribution is -2.04. The SMILES string of the molecule is COc1ccc(NCc2cc(Cl)ccc2OCc2ccc(Cl)cc2)cc1Cl. The van der Waals surface area contributed by atoms with Gasteiger partial charge in [-0.3, -0.25) is 0 Å². The first-order valence-electron chi connectivity index (χ1n) is 8.28. The molecule has 0 saturated carbocycles. The van der Waals surface area contributed by atoms with Crippen LogP contribution in [0.3, 0.4) is 0 Å². The molecule has 27 heavy (non-hydrogen) atoms. The number of hydrogen-bond donors (Lipinski definition) is 1. The number of halogens is 3. The molecule has 3 aromatic rings. The molecule has 140 valence electrons. The predicted octanol–water partition coefficient (Wildman–Crippen LogP) is 6.85. The van der Waals surface area contributed by atoms with E-state index in [9.17, 15) is 0 Å². The van der Waals surface area contributed by atoms with Gasteiger partial charge in [0.05, 0.1) is 12.1 Å².